The van der Waals surface area contributed by atoms with Gasteiger partial charge in [-0.1, -0.05) is 32.0 Å². The highest BCUT2D eigenvalue weighted by atomic mass is 32.1. The number of anilines is 1. The summed E-state index contributed by atoms with van der Waals surface area (Å²) in [6.45, 7) is 8.38. The number of hydrogen-bond acceptors (Lipinski definition) is 3. The molecule has 20 heavy (non-hydrogen) atoms. The number of carbonyl (C=O) groups excluding carboxylic acids is 1. The Morgan fingerprint density at radius 1 is 1.35 bits per heavy atom. The predicted octanol–water partition coefficient (Wildman–Crippen LogP) is 3.96. The molecule has 0 aliphatic heterocycles. The normalized spacial score (nSPS) is 12.8. The van der Waals surface area contributed by atoms with E-state index in [9.17, 15) is 4.79 Å². The number of thiophene rings is 1. The van der Waals surface area contributed by atoms with Gasteiger partial charge in [0.15, 0.2) is 0 Å². The molecule has 108 valence electrons. The van der Waals surface area contributed by atoms with Gasteiger partial charge in [0.2, 0.25) is 0 Å². The first-order valence-corrected chi connectivity index (χ1v) is 7.80. The molecule has 0 saturated carbocycles. The molecule has 1 unspecified atom stereocenters. The Bertz CT molecular complexity index is 631. The van der Waals surface area contributed by atoms with Crippen molar-refractivity contribution in [1.29, 1.82) is 0 Å². The van der Waals surface area contributed by atoms with Gasteiger partial charge in [0.05, 0.1) is 5.69 Å². The number of nitrogen functional groups attached to an aromatic ring is 1. The second-order valence-electron chi connectivity index (χ2n) is 5.80. The van der Waals surface area contributed by atoms with Crippen LogP contribution in [-0.4, -0.2) is 11.9 Å². The maximum atomic E-state index is 12.4. The fourth-order valence-corrected chi connectivity index (χ4v) is 3.60. The second-order valence-corrected chi connectivity index (χ2v) is 6.82. The van der Waals surface area contributed by atoms with Gasteiger partial charge < -0.3 is 11.1 Å². The van der Waals surface area contributed by atoms with Gasteiger partial charge in [0.1, 0.15) is 4.88 Å². The Kier molecular flexibility index (Phi) is 4.33. The van der Waals surface area contributed by atoms with Crippen molar-refractivity contribution in [3.8, 4) is 0 Å². The number of rotatable bonds is 4. The first-order valence-electron chi connectivity index (χ1n) is 6.98. The summed E-state index contributed by atoms with van der Waals surface area (Å²) in [7, 11) is 0. The van der Waals surface area contributed by atoms with E-state index in [4.69, 9.17) is 5.73 Å². The van der Waals surface area contributed by atoms with Gasteiger partial charge in [-0.2, -0.15) is 0 Å². The molecule has 1 heterocycles. The average Bonchev–Trinajstić information content (AvgIpc) is 2.67. The molecule has 3 nitrogen and oxygen atoms in total. The summed E-state index contributed by atoms with van der Waals surface area (Å²) in [6.07, 6.45) is 0.968. The van der Waals surface area contributed by atoms with Crippen molar-refractivity contribution < 1.29 is 4.79 Å². The third-order valence-corrected chi connectivity index (χ3v) is 4.71. The number of nitrogens with two attached hydrogens (primary N) is 1. The van der Waals surface area contributed by atoms with Gasteiger partial charge in [0, 0.05) is 16.1 Å². The lowest BCUT2D eigenvalue weighted by Crippen LogP contribution is -2.33. The SMILES string of the molecule is Cc1cccc2c(N)c(C(=O)NC(C)CC(C)C)sc12. The van der Waals surface area contributed by atoms with Gasteiger partial charge in [0.25, 0.3) is 5.91 Å². The summed E-state index contributed by atoms with van der Waals surface area (Å²) < 4.78 is 1.10. The highest BCUT2D eigenvalue weighted by molar-refractivity contribution is 7.21. The molecule has 1 aromatic heterocycles. The zero-order chi connectivity index (χ0) is 14.9. The van der Waals surface area contributed by atoms with Gasteiger partial charge >= 0.3 is 0 Å². The van der Waals surface area contributed by atoms with E-state index in [2.05, 4.69) is 19.2 Å². The van der Waals surface area contributed by atoms with Crippen LogP contribution >= 0.6 is 11.3 Å². The van der Waals surface area contributed by atoms with E-state index in [0.717, 1.165) is 22.1 Å². The van der Waals surface area contributed by atoms with E-state index in [0.29, 0.717) is 16.5 Å². The van der Waals surface area contributed by atoms with E-state index < -0.39 is 0 Å². The summed E-state index contributed by atoms with van der Waals surface area (Å²) in [5.74, 6) is 0.503. The molecule has 0 fully saturated rings. The van der Waals surface area contributed by atoms with Crippen molar-refractivity contribution in [2.75, 3.05) is 5.73 Å². The molecule has 0 bridgehead atoms. The third-order valence-electron chi connectivity index (χ3n) is 3.36. The first-order chi connectivity index (χ1) is 9.40. The van der Waals surface area contributed by atoms with E-state index in [1.165, 1.54) is 11.3 Å². The molecule has 1 atom stereocenters. The van der Waals surface area contributed by atoms with Crippen molar-refractivity contribution >= 4 is 33.0 Å². The quantitative estimate of drug-likeness (QED) is 0.895. The molecule has 0 saturated heterocycles. The van der Waals surface area contributed by atoms with Crippen LogP contribution in [-0.2, 0) is 0 Å². The second kappa shape index (κ2) is 5.83. The number of aryl methyl sites for hydroxylation is 1. The van der Waals surface area contributed by atoms with Crippen LogP contribution in [0.5, 0.6) is 0 Å². The number of amides is 1. The third kappa shape index (κ3) is 2.96. The number of nitrogens with one attached hydrogen (secondary N) is 1. The van der Waals surface area contributed by atoms with Crippen LogP contribution in [0.25, 0.3) is 10.1 Å². The van der Waals surface area contributed by atoms with E-state index in [-0.39, 0.29) is 11.9 Å². The molecule has 0 spiro atoms. The standard InChI is InChI=1S/C16H22N2OS/c1-9(2)8-11(4)18-16(19)15-13(17)12-7-5-6-10(3)14(12)20-15/h5-7,9,11H,8,17H2,1-4H3,(H,18,19). The highest BCUT2D eigenvalue weighted by Gasteiger charge is 2.18. The summed E-state index contributed by atoms with van der Waals surface area (Å²) >= 11 is 1.48. The van der Waals surface area contributed by atoms with Crippen molar-refractivity contribution in [2.24, 2.45) is 5.92 Å². The Morgan fingerprint density at radius 2 is 2.05 bits per heavy atom. The van der Waals surface area contributed by atoms with Crippen LogP contribution < -0.4 is 11.1 Å². The minimum absolute atomic E-state index is 0.0590. The minimum Gasteiger partial charge on any atom is -0.397 e. The van der Waals surface area contributed by atoms with E-state index in [1.54, 1.807) is 0 Å². The first kappa shape index (κ1) is 14.9. The van der Waals surface area contributed by atoms with E-state index >= 15 is 0 Å². The Hall–Kier alpha value is -1.55. The van der Waals surface area contributed by atoms with Crippen LogP contribution in [0.1, 0.15) is 42.4 Å². The fourth-order valence-electron chi connectivity index (χ4n) is 2.50. The molecular weight excluding hydrogens is 268 g/mol. The van der Waals surface area contributed by atoms with Crippen molar-refractivity contribution in [3.63, 3.8) is 0 Å². The Morgan fingerprint density at radius 3 is 2.65 bits per heavy atom. The maximum Gasteiger partial charge on any atom is 0.263 e. The fraction of sp³-hybridized carbons (Fsp3) is 0.438. The van der Waals surface area contributed by atoms with Crippen LogP contribution in [0.2, 0.25) is 0 Å². The molecule has 1 aromatic carbocycles. The van der Waals surface area contributed by atoms with Crippen molar-refractivity contribution in [3.05, 3.63) is 28.6 Å². The monoisotopic (exact) mass is 290 g/mol. The molecule has 0 aliphatic rings. The minimum atomic E-state index is -0.0590. The van der Waals surface area contributed by atoms with E-state index in [1.807, 2.05) is 32.0 Å². The van der Waals surface area contributed by atoms with Gasteiger partial charge in [-0.3, -0.25) is 4.79 Å². The predicted molar refractivity (Wildman–Crippen MR) is 87.4 cm³/mol. The average molecular weight is 290 g/mol. The molecule has 3 N–H and O–H groups in total. The van der Waals surface area contributed by atoms with Crippen LogP contribution in [0.3, 0.4) is 0 Å². The summed E-state index contributed by atoms with van der Waals surface area (Å²) in [5, 5.41) is 4.02. The van der Waals surface area contributed by atoms with Gasteiger partial charge in [-0.15, -0.1) is 11.3 Å². The lowest BCUT2D eigenvalue weighted by Gasteiger charge is -2.15. The molecule has 0 aliphatic carbocycles. The topological polar surface area (TPSA) is 55.1 Å². The molecule has 0 radical (unpaired) electrons. The zero-order valence-corrected chi connectivity index (χ0v) is 13.3. The molecule has 1 amide bonds. The molecule has 2 rings (SSSR count). The lowest BCUT2D eigenvalue weighted by molar-refractivity contribution is 0.0941. The van der Waals surface area contributed by atoms with Crippen LogP contribution in [0.4, 0.5) is 5.69 Å². The Labute approximate surface area is 124 Å². The number of carbonyl (C=O) groups is 1. The van der Waals surface area contributed by atoms with Crippen LogP contribution in [0, 0.1) is 12.8 Å². The Balaban J connectivity index is 2.27. The number of benzene rings is 1. The molecule has 2 aromatic rings. The summed E-state index contributed by atoms with van der Waals surface area (Å²) in [6, 6.07) is 6.15. The lowest BCUT2D eigenvalue weighted by atomic mass is 10.1. The maximum absolute atomic E-state index is 12.4. The van der Waals surface area contributed by atoms with Gasteiger partial charge in [-0.05, 0) is 31.7 Å². The largest absolute Gasteiger partial charge is 0.397 e. The smallest absolute Gasteiger partial charge is 0.263 e. The molecular formula is C16H22N2OS. The number of fused-ring (bicyclic) bond motifs is 1. The van der Waals surface area contributed by atoms with Crippen LogP contribution in [0.15, 0.2) is 18.2 Å². The molecule has 4 heteroatoms. The summed E-state index contributed by atoms with van der Waals surface area (Å²) in [4.78, 5) is 13.0. The number of hydrogen-bond donors (Lipinski definition) is 2. The van der Waals surface area contributed by atoms with Crippen molar-refractivity contribution in [1.82, 2.24) is 5.32 Å². The zero-order valence-electron chi connectivity index (χ0n) is 12.5. The van der Waals surface area contributed by atoms with Crippen molar-refractivity contribution in [2.45, 2.75) is 40.2 Å². The summed E-state index contributed by atoms with van der Waals surface area (Å²) in [5.41, 5.74) is 7.90. The van der Waals surface area contributed by atoms with Gasteiger partial charge in [-0.25, -0.2) is 0 Å². The highest BCUT2D eigenvalue weighted by Crippen LogP contribution is 2.35.